The van der Waals surface area contributed by atoms with E-state index in [0.717, 1.165) is 28.5 Å². The Morgan fingerprint density at radius 2 is 1.83 bits per heavy atom. The van der Waals surface area contributed by atoms with Gasteiger partial charge in [-0.2, -0.15) is 0 Å². The van der Waals surface area contributed by atoms with E-state index in [-0.39, 0.29) is 18.2 Å². The van der Waals surface area contributed by atoms with E-state index in [0.29, 0.717) is 19.8 Å². The number of para-hydroxylation sites is 1. The van der Waals surface area contributed by atoms with Crippen molar-refractivity contribution in [1.29, 1.82) is 0 Å². The standard InChI is InChI=1S/C23H27N3O3/c1-2-29-14-8-13-24-23(28)22(17-9-4-3-5-10-17)26-21(27)15-18-16-25-20-12-7-6-11-19(18)20/h3-7,9-12,16,22,25H,2,8,13-15H2,1H3,(H,24,28)(H,26,27)/t22-/m0/s1. The van der Waals surface area contributed by atoms with E-state index in [4.69, 9.17) is 4.74 Å². The van der Waals surface area contributed by atoms with Gasteiger partial charge in [-0.1, -0.05) is 48.5 Å². The molecule has 0 saturated heterocycles. The molecule has 0 spiro atoms. The highest BCUT2D eigenvalue weighted by molar-refractivity contribution is 5.92. The normalized spacial score (nSPS) is 11.9. The summed E-state index contributed by atoms with van der Waals surface area (Å²) in [6.07, 6.45) is 2.77. The van der Waals surface area contributed by atoms with E-state index in [2.05, 4.69) is 15.6 Å². The summed E-state index contributed by atoms with van der Waals surface area (Å²) in [6.45, 7) is 3.69. The van der Waals surface area contributed by atoms with Crippen molar-refractivity contribution in [2.45, 2.75) is 25.8 Å². The molecule has 2 aromatic carbocycles. The molecule has 29 heavy (non-hydrogen) atoms. The van der Waals surface area contributed by atoms with Crippen molar-refractivity contribution in [3.63, 3.8) is 0 Å². The molecule has 3 rings (SSSR count). The fourth-order valence-electron chi connectivity index (χ4n) is 3.24. The van der Waals surface area contributed by atoms with Gasteiger partial charge in [-0.3, -0.25) is 9.59 Å². The van der Waals surface area contributed by atoms with Crippen molar-refractivity contribution in [2.75, 3.05) is 19.8 Å². The average molecular weight is 393 g/mol. The van der Waals surface area contributed by atoms with Crippen molar-refractivity contribution in [1.82, 2.24) is 15.6 Å². The molecule has 6 nitrogen and oxygen atoms in total. The minimum Gasteiger partial charge on any atom is -0.382 e. The van der Waals surface area contributed by atoms with Crippen LogP contribution in [0.4, 0.5) is 0 Å². The predicted molar refractivity (Wildman–Crippen MR) is 113 cm³/mol. The number of hydrogen-bond donors (Lipinski definition) is 3. The minimum absolute atomic E-state index is 0.199. The molecule has 3 aromatic rings. The molecular weight excluding hydrogens is 366 g/mol. The highest BCUT2D eigenvalue weighted by atomic mass is 16.5. The summed E-state index contributed by atoms with van der Waals surface area (Å²) < 4.78 is 5.29. The van der Waals surface area contributed by atoms with Gasteiger partial charge in [0.25, 0.3) is 0 Å². The predicted octanol–water partition coefficient (Wildman–Crippen LogP) is 3.11. The molecule has 0 aliphatic rings. The Balaban J connectivity index is 1.66. The number of rotatable bonds is 10. The molecule has 1 heterocycles. The Kier molecular flexibility index (Phi) is 7.41. The second-order valence-corrected chi connectivity index (χ2v) is 6.79. The molecule has 1 aromatic heterocycles. The molecule has 2 amide bonds. The zero-order valence-electron chi connectivity index (χ0n) is 16.6. The van der Waals surface area contributed by atoms with Gasteiger partial charge in [-0.15, -0.1) is 0 Å². The average Bonchev–Trinajstić information content (AvgIpc) is 3.15. The van der Waals surface area contributed by atoms with E-state index >= 15 is 0 Å². The van der Waals surface area contributed by atoms with E-state index < -0.39 is 6.04 Å². The second-order valence-electron chi connectivity index (χ2n) is 6.79. The van der Waals surface area contributed by atoms with Gasteiger partial charge >= 0.3 is 0 Å². The lowest BCUT2D eigenvalue weighted by atomic mass is 10.0. The number of aromatic amines is 1. The molecule has 3 N–H and O–H groups in total. The van der Waals surface area contributed by atoms with E-state index in [9.17, 15) is 9.59 Å². The van der Waals surface area contributed by atoms with Crippen molar-refractivity contribution in [3.8, 4) is 0 Å². The fraction of sp³-hybridized carbons (Fsp3) is 0.304. The van der Waals surface area contributed by atoms with Crippen LogP contribution in [0.3, 0.4) is 0 Å². The number of ether oxygens (including phenoxy) is 1. The van der Waals surface area contributed by atoms with Crippen molar-refractivity contribution in [2.24, 2.45) is 0 Å². The maximum atomic E-state index is 12.8. The van der Waals surface area contributed by atoms with Gasteiger partial charge in [0.15, 0.2) is 0 Å². The van der Waals surface area contributed by atoms with E-state index in [1.54, 1.807) is 0 Å². The Morgan fingerprint density at radius 3 is 2.62 bits per heavy atom. The zero-order valence-corrected chi connectivity index (χ0v) is 16.6. The molecule has 1 atom stereocenters. The fourth-order valence-corrected chi connectivity index (χ4v) is 3.24. The summed E-state index contributed by atoms with van der Waals surface area (Å²) in [6, 6.07) is 16.4. The SMILES string of the molecule is CCOCCCNC(=O)[C@@H](NC(=O)Cc1c[nH]c2ccccc12)c1ccccc1. The van der Waals surface area contributed by atoms with Crippen LogP contribution in [0.15, 0.2) is 60.8 Å². The summed E-state index contributed by atoms with van der Waals surface area (Å²) in [5.74, 6) is -0.423. The Hall–Kier alpha value is -3.12. The first-order valence-corrected chi connectivity index (χ1v) is 9.93. The molecule has 0 bridgehead atoms. The van der Waals surface area contributed by atoms with Crippen LogP contribution in [0, 0.1) is 0 Å². The largest absolute Gasteiger partial charge is 0.382 e. The first-order valence-electron chi connectivity index (χ1n) is 9.93. The quantitative estimate of drug-likeness (QED) is 0.463. The lowest BCUT2D eigenvalue weighted by Gasteiger charge is -2.19. The summed E-state index contributed by atoms with van der Waals surface area (Å²) in [7, 11) is 0. The summed E-state index contributed by atoms with van der Waals surface area (Å²) >= 11 is 0. The van der Waals surface area contributed by atoms with Crippen molar-refractivity contribution in [3.05, 3.63) is 71.9 Å². The molecule has 0 unspecified atom stereocenters. The molecule has 0 saturated carbocycles. The summed E-state index contributed by atoms with van der Waals surface area (Å²) in [4.78, 5) is 28.7. The third-order valence-electron chi connectivity index (χ3n) is 4.70. The van der Waals surface area contributed by atoms with Gasteiger partial charge in [0, 0.05) is 36.9 Å². The van der Waals surface area contributed by atoms with Gasteiger partial charge in [0.2, 0.25) is 11.8 Å². The molecule has 0 aliphatic carbocycles. The van der Waals surface area contributed by atoms with Crippen molar-refractivity contribution >= 4 is 22.7 Å². The van der Waals surface area contributed by atoms with Crippen LogP contribution >= 0.6 is 0 Å². The smallest absolute Gasteiger partial charge is 0.247 e. The van der Waals surface area contributed by atoms with E-state index in [1.807, 2.05) is 67.7 Å². The Morgan fingerprint density at radius 1 is 1.07 bits per heavy atom. The Labute approximate surface area is 170 Å². The molecule has 0 radical (unpaired) electrons. The van der Waals surface area contributed by atoms with Gasteiger partial charge in [0.05, 0.1) is 6.42 Å². The second kappa shape index (κ2) is 10.4. The molecule has 6 heteroatoms. The molecular formula is C23H27N3O3. The number of nitrogens with one attached hydrogen (secondary N) is 3. The number of carbonyl (C=O) groups excluding carboxylic acids is 2. The third-order valence-corrected chi connectivity index (χ3v) is 4.70. The van der Waals surface area contributed by atoms with Crippen LogP contribution in [0.1, 0.15) is 30.5 Å². The first kappa shape index (κ1) is 20.6. The number of hydrogen-bond acceptors (Lipinski definition) is 3. The minimum atomic E-state index is -0.735. The number of H-pyrrole nitrogens is 1. The van der Waals surface area contributed by atoms with Crippen LogP contribution in [0.2, 0.25) is 0 Å². The number of fused-ring (bicyclic) bond motifs is 1. The summed E-state index contributed by atoms with van der Waals surface area (Å²) in [5.41, 5.74) is 2.64. The number of amides is 2. The van der Waals surface area contributed by atoms with Gasteiger partial charge in [-0.05, 0) is 30.5 Å². The van der Waals surface area contributed by atoms with E-state index in [1.165, 1.54) is 0 Å². The number of aromatic nitrogens is 1. The third kappa shape index (κ3) is 5.68. The molecule has 0 aliphatic heterocycles. The maximum absolute atomic E-state index is 12.8. The summed E-state index contributed by atoms with van der Waals surface area (Å²) in [5, 5.41) is 6.80. The number of benzene rings is 2. The zero-order chi connectivity index (χ0) is 20.5. The van der Waals surface area contributed by atoms with Crippen molar-refractivity contribution < 1.29 is 14.3 Å². The van der Waals surface area contributed by atoms with Gasteiger partial charge in [-0.25, -0.2) is 0 Å². The molecule has 0 fully saturated rings. The lowest BCUT2D eigenvalue weighted by molar-refractivity contribution is -0.128. The first-order chi connectivity index (χ1) is 14.2. The monoisotopic (exact) mass is 393 g/mol. The maximum Gasteiger partial charge on any atom is 0.247 e. The topological polar surface area (TPSA) is 83.2 Å². The highest BCUT2D eigenvalue weighted by Crippen LogP contribution is 2.19. The van der Waals surface area contributed by atoms with Crippen LogP contribution in [0.25, 0.3) is 10.9 Å². The van der Waals surface area contributed by atoms with Crippen LogP contribution in [-0.4, -0.2) is 36.6 Å². The van der Waals surface area contributed by atoms with Gasteiger partial charge < -0.3 is 20.4 Å². The number of carbonyl (C=O) groups is 2. The lowest BCUT2D eigenvalue weighted by Crippen LogP contribution is -2.41. The Bertz CT molecular complexity index is 937. The van der Waals surface area contributed by atoms with Crippen LogP contribution in [-0.2, 0) is 20.7 Å². The molecule has 152 valence electrons. The highest BCUT2D eigenvalue weighted by Gasteiger charge is 2.22. The van der Waals surface area contributed by atoms with Crippen LogP contribution in [0.5, 0.6) is 0 Å². The van der Waals surface area contributed by atoms with Crippen LogP contribution < -0.4 is 10.6 Å². The van der Waals surface area contributed by atoms with Gasteiger partial charge in [0.1, 0.15) is 6.04 Å².